The Hall–Kier alpha value is -3.22. The minimum absolute atomic E-state index is 0.0832. The smallest absolute Gasteiger partial charge is 0.228 e. The van der Waals surface area contributed by atoms with Crippen LogP contribution in [0, 0.1) is 12.8 Å². The van der Waals surface area contributed by atoms with E-state index in [0.717, 1.165) is 30.5 Å². The Balaban J connectivity index is 1.59. The van der Waals surface area contributed by atoms with Crippen LogP contribution in [-0.2, 0) is 11.3 Å². The van der Waals surface area contributed by atoms with E-state index in [1.54, 1.807) is 6.20 Å². The second-order valence-electron chi connectivity index (χ2n) is 10.2. The number of amides is 1. The largest absolute Gasteiger partial charge is 0.477 e. The van der Waals surface area contributed by atoms with Gasteiger partial charge in [-0.15, -0.1) is 0 Å². The number of nitrogens with zero attached hydrogens (tertiary/aromatic N) is 2. The maximum Gasteiger partial charge on any atom is 0.228 e. The highest BCUT2D eigenvalue weighted by Crippen LogP contribution is 2.35. The summed E-state index contributed by atoms with van der Waals surface area (Å²) in [6.45, 7) is 8.87. The first-order valence-electron chi connectivity index (χ1n) is 13.9. The van der Waals surface area contributed by atoms with Crippen molar-refractivity contribution < 1.29 is 14.6 Å². The number of aliphatic hydroxyl groups is 1. The van der Waals surface area contributed by atoms with Crippen LogP contribution in [0.3, 0.4) is 0 Å². The number of piperidine rings is 1. The standard InChI is InChI=1S/C32H41N3O3/c1-4-23(2)35(22-28-14-17-34-31(24(28)3)38-19-9-18-36)32(37)30-21-33-16-15-29(30)27-13-8-12-26(20-27)25-10-6-5-7-11-25/h5-8,10-14,17,20,23,29-30,33,36H,4,9,15-16,18-19,21-22H2,1-3H3/t23?,29-,30+/m1/s1. The Morgan fingerprint density at radius 1 is 1.16 bits per heavy atom. The molecule has 0 bridgehead atoms. The molecule has 0 radical (unpaired) electrons. The number of nitrogens with one attached hydrogen (secondary N) is 1. The maximum atomic E-state index is 14.3. The molecule has 2 N–H and O–H groups in total. The highest BCUT2D eigenvalue weighted by molar-refractivity contribution is 5.81. The summed E-state index contributed by atoms with van der Waals surface area (Å²) >= 11 is 0. The summed E-state index contributed by atoms with van der Waals surface area (Å²) in [6, 6.07) is 21.2. The number of aromatic nitrogens is 1. The predicted octanol–water partition coefficient (Wildman–Crippen LogP) is 5.34. The molecule has 1 unspecified atom stereocenters. The van der Waals surface area contributed by atoms with E-state index in [2.05, 4.69) is 72.7 Å². The molecule has 1 saturated heterocycles. The van der Waals surface area contributed by atoms with Crippen molar-refractivity contribution in [2.45, 2.75) is 58.5 Å². The van der Waals surface area contributed by atoms with Crippen LogP contribution in [0.4, 0.5) is 0 Å². The molecule has 2 heterocycles. The van der Waals surface area contributed by atoms with Crippen LogP contribution in [0.5, 0.6) is 5.88 Å². The van der Waals surface area contributed by atoms with Crippen molar-refractivity contribution in [2.24, 2.45) is 5.92 Å². The van der Waals surface area contributed by atoms with Crippen molar-refractivity contribution in [3.8, 4) is 17.0 Å². The second-order valence-corrected chi connectivity index (χ2v) is 10.2. The molecular formula is C32H41N3O3. The molecular weight excluding hydrogens is 474 g/mol. The van der Waals surface area contributed by atoms with Crippen molar-refractivity contribution in [1.29, 1.82) is 0 Å². The van der Waals surface area contributed by atoms with Gasteiger partial charge in [-0.05, 0) is 67.5 Å². The average Bonchev–Trinajstić information content (AvgIpc) is 2.97. The zero-order valence-electron chi connectivity index (χ0n) is 22.9. The number of benzene rings is 2. The third-order valence-electron chi connectivity index (χ3n) is 7.78. The number of rotatable bonds is 11. The molecule has 6 nitrogen and oxygen atoms in total. The van der Waals surface area contributed by atoms with E-state index >= 15 is 0 Å². The molecule has 0 aliphatic carbocycles. The summed E-state index contributed by atoms with van der Waals surface area (Å²) in [7, 11) is 0. The van der Waals surface area contributed by atoms with Gasteiger partial charge in [-0.1, -0.05) is 61.5 Å². The molecule has 2 aromatic carbocycles. The zero-order valence-corrected chi connectivity index (χ0v) is 22.9. The highest BCUT2D eigenvalue weighted by atomic mass is 16.5. The van der Waals surface area contributed by atoms with Gasteiger partial charge in [0.05, 0.1) is 12.5 Å². The molecule has 3 atom stereocenters. The van der Waals surface area contributed by atoms with Gasteiger partial charge < -0.3 is 20.1 Å². The summed E-state index contributed by atoms with van der Waals surface area (Å²) in [5, 5.41) is 12.6. The molecule has 0 spiro atoms. The van der Waals surface area contributed by atoms with Gasteiger partial charge in [0, 0.05) is 43.9 Å². The van der Waals surface area contributed by atoms with Crippen LogP contribution in [0.2, 0.25) is 0 Å². The van der Waals surface area contributed by atoms with E-state index < -0.39 is 0 Å². The minimum atomic E-state index is -0.133. The van der Waals surface area contributed by atoms with Crippen molar-refractivity contribution in [1.82, 2.24) is 15.2 Å². The fourth-order valence-electron chi connectivity index (χ4n) is 5.27. The van der Waals surface area contributed by atoms with Crippen LogP contribution in [0.1, 0.15) is 55.7 Å². The summed E-state index contributed by atoms with van der Waals surface area (Å²) in [5.74, 6) is 0.795. The molecule has 1 amide bonds. The lowest BCUT2D eigenvalue weighted by Crippen LogP contribution is -2.48. The van der Waals surface area contributed by atoms with E-state index in [-0.39, 0.29) is 30.4 Å². The van der Waals surface area contributed by atoms with Gasteiger partial charge in [-0.2, -0.15) is 0 Å². The van der Waals surface area contributed by atoms with Crippen LogP contribution < -0.4 is 10.1 Å². The van der Waals surface area contributed by atoms with E-state index in [1.165, 1.54) is 16.7 Å². The number of hydrogen-bond donors (Lipinski definition) is 2. The number of aliphatic hydroxyl groups excluding tert-OH is 1. The van der Waals surface area contributed by atoms with E-state index in [9.17, 15) is 4.79 Å². The van der Waals surface area contributed by atoms with Gasteiger partial charge >= 0.3 is 0 Å². The van der Waals surface area contributed by atoms with Crippen molar-refractivity contribution >= 4 is 5.91 Å². The minimum Gasteiger partial charge on any atom is -0.477 e. The molecule has 6 heteroatoms. The fourth-order valence-corrected chi connectivity index (χ4v) is 5.27. The molecule has 38 heavy (non-hydrogen) atoms. The number of carbonyl (C=O) groups is 1. The van der Waals surface area contributed by atoms with Gasteiger partial charge in [-0.25, -0.2) is 4.98 Å². The lowest BCUT2D eigenvalue weighted by molar-refractivity contribution is -0.139. The molecule has 1 aromatic heterocycles. The van der Waals surface area contributed by atoms with Gasteiger partial charge in [-0.3, -0.25) is 4.79 Å². The van der Waals surface area contributed by atoms with Crippen molar-refractivity contribution in [3.63, 3.8) is 0 Å². The van der Waals surface area contributed by atoms with Crippen molar-refractivity contribution in [3.05, 3.63) is 83.6 Å². The topological polar surface area (TPSA) is 74.7 Å². The van der Waals surface area contributed by atoms with Gasteiger partial charge in [0.2, 0.25) is 11.8 Å². The molecule has 4 rings (SSSR count). The molecule has 1 aliphatic heterocycles. The predicted molar refractivity (Wildman–Crippen MR) is 152 cm³/mol. The Kier molecular flexibility index (Phi) is 9.91. The summed E-state index contributed by atoms with van der Waals surface area (Å²) in [4.78, 5) is 20.7. The van der Waals surface area contributed by atoms with E-state index in [1.807, 2.05) is 24.0 Å². The Morgan fingerprint density at radius 2 is 1.95 bits per heavy atom. The van der Waals surface area contributed by atoms with Gasteiger partial charge in [0.25, 0.3) is 0 Å². The molecule has 0 saturated carbocycles. The Bertz CT molecular complexity index is 1180. The lowest BCUT2D eigenvalue weighted by Gasteiger charge is -2.38. The van der Waals surface area contributed by atoms with E-state index in [0.29, 0.717) is 32.0 Å². The summed E-state index contributed by atoms with van der Waals surface area (Å²) in [5.41, 5.74) is 5.60. The summed E-state index contributed by atoms with van der Waals surface area (Å²) < 4.78 is 5.80. The van der Waals surface area contributed by atoms with Crippen LogP contribution in [0.15, 0.2) is 66.9 Å². The fraction of sp³-hybridized carbons (Fsp3) is 0.438. The second kappa shape index (κ2) is 13.5. The molecule has 1 aliphatic rings. The van der Waals surface area contributed by atoms with Gasteiger partial charge in [0.1, 0.15) is 0 Å². The number of carbonyl (C=O) groups excluding carboxylic acids is 1. The van der Waals surface area contributed by atoms with Crippen LogP contribution in [-0.4, -0.2) is 53.2 Å². The monoisotopic (exact) mass is 515 g/mol. The summed E-state index contributed by atoms with van der Waals surface area (Å²) in [6.07, 6.45) is 4.12. The first-order chi connectivity index (χ1) is 18.5. The number of pyridine rings is 1. The van der Waals surface area contributed by atoms with Crippen LogP contribution >= 0.6 is 0 Å². The van der Waals surface area contributed by atoms with E-state index in [4.69, 9.17) is 9.84 Å². The zero-order chi connectivity index (χ0) is 26.9. The molecule has 1 fully saturated rings. The molecule has 3 aromatic rings. The Morgan fingerprint density at radius 3 is 2.71 bits per heavy atom. The Labute approximate surface area is 227 Å². The van der Waals surface area contributed by atoms with Crippen LogP contribution in [0.25, 0.3) is 11.1 Å². The SMILES string of the molecule is CCC(C)N(Cc1ccnc(OCCCO)c1C)C(=O)[C@H]1CNCC[C@@H]1c1cccc(-c2ccccc2)c1. The normalized spacial score (nSPS) is 18.1. The highest BCUT2D eigenvalue weighted by Gasteiger charge is 2.36. The maximum absolute atomic E-state index is 14.3. The molecule has 202 valence electrons. The first kappa shape index (κ1) is 27.8. The van der Waals surface area contributed by atoms with Crippen molar-refractivity contribution in [2.75, 3.05) is 26.3 Å². The first-order valence-corrected chi connectivity index (χ1v) is 13.9. The quantitative estimate of drug-likeness (QED) is 0.337. The lowest BCUT2D eigenvalue weighted by atomic mass is 9.79. The number of ether oxygens (including phenoxy) is 1. The third-order valence-corrected chi connectivity index (χ3v) is 7.78. The third kappa shape index (κ3) is 6.61. The average molecular weight is 516 g/mol. The number of hydrogen-bond acceptors (Lipinski definition) is 5. The van der Waals surface area contributed by atoms with Gasteiger partial charge in [0.15, 0.2) is 0 Å².